The molecule has 1 aliphatic rings. The molecule has 0 aliphatic heterocycles. The Balaban J connectivity index is 2.19. The summed E-state index contributed by atoms with van der Waals surface area (Å²) in [6.45, 7) is 8.31. The van der Waals surface area contributed by atoms with Gasteiger partial charge in [0.25, 0.3) is 0 Å². The molecule has 1 rings (SSSR count). The molecule has 16 heavy (non-hydrogen) atoms. The average Bonchev–Trinajstić information content (AvgIpc) is 2.31. The minimum atomic E-state index is 0.772. The molecule has 0 aromatic rings. The van der Waals surface area contributed by atoms with E-state index in [2.05, 4.69) is 26.1 Å². The van der Waals surface area contributed by atoms with E-state index in [1.165, 1.54) is 57.9 Å². The standard InChI is InChI=1S/C15H31N/c1-4-6-11-15(5-2)16-12-14-10-8-7-9-13(14)3/h13-16H,4-12H2,1-3H3. The fourth-order valence-electron chi connectivity index (χ4n) is 2.92. The molecule has 1 aliphatic carbocycles. The highest BCUT2D eigenvalue weighted by Crippen LogP contribution is 2.29. The van der Waals surface area contributed by atoms with E-state index in [0.29, 0.717) is 0 Å². The fourth-order valence-corrected chi connectivity index (χ4v) is 2.92. The lowest BCUT2D eigenvalue weighted by Gasteiger charge is -2.30. The Labute approximate surface area is 102 Å². The van der Waals surface area contributed by atoms with E-state index in [0.717, 1.165) is 17.9 Å². The highest BCUT2D eigenvalue weighted by atomic mass is 14.9. The van der Waals surface area contributed by atoms with Gasteiger partial charge >= 0.3 is 0 Å². The maximum Gasteiger partial charge on any atom is 0.00645 e. The molecule has 0 bridgehead atoms. The predicted molar refractivity (Wildman–Crippen MR) is 72.7 cm³/mol. The second-order valence-corrected chi connectivity index (χ2v) is 5.68. The third-order valence-electron chi connectivity index (χ3n) is 4.36. The highest BCUT2D eigenvalue weighted by molar-refractivity contribution is 4.76. The first kappa shape index (κ1) is 14.0. The minimum absolute atomic E-state index is 0.772. The molecule has 0 spiro atoms. The lowest BCUT2D eigenvalue weighted by molar-refractivity contribution is 0.237. The maximum atomic E-state index is 3.80. The van der Waals surface area contributed by atoms with Gasteiger partial charge in [0.1, 0.15) is 0 Å². The van der Waals surface area contributed by atoms with Crippen LogP contribution in [0.15, 0.2) is 0 Å². The quantitative estimate of drug-likeness (QED) is 0.678. The van der Waals surface area contributed by atoms with Crippen molar-refractivity contribution in [2.45, 2.75) is 78.2 Å². The zero-order valence-electron chi connectivity index (χ0n) is 11.6. The van der Waals surface area contributed by atoms with Crippen LogP contribution in [0, 0.1) is 11.8 Å². The zero-order chi connectivity index (χ0) is 11.8. The Morgan fingerprint density at radius 3 is 2.56 bits per heavy atom. The predicted octanol–water partition coefficient (Wildman–Crippen LogP) is 4.37. The molecule has 1 fully saturated rings. The Hall–Kier alpha value is -0.0400. The van der Waals surface area contributed by atoms with Crippen LogP contribution in [-0.4, -0.2) is 12.6 Å². The first-order valence-electron chi connectivity index (χ1n) is 7.51. The Bertz CT molecular complexity index is 167. The average molecular weight is 225 g/mol. The van der Waals surface area contributed by atoms with Crippen LogP contribution in [0.4, 0.5) is 0 Å². The summed E-state index contributed by atoms with van der Waals surface area (Å²) in [5, 5.41) is 3.80. The largest absolute Gasteiger partial charge is 0.314 e. The topological polar surface area (TPSA) is 12.0 Å². The molecule has 3 unspecified atom stereocenters. The molecule has 0 saturated heterocycles. The van der Waals surface area contributed by atoms with Gasteiger partial charge in [0.15, 0.2) is 0 Å². The van der Waals surface area contributed by atoms with E-state index in [1.807, 2.05) is 0 Å². The van der Waals surface area contributed by atoms with Crippen molar-refractivity contribution in [3.8, 4) is 0 Å². The summed E-state index contributed by atoms with van der Waals surface area (Å²) in [5.41, 5.74) is 0. The molecule has 96 valence electrons. The Kier molecular flexibility index (Phi) is 7.11. The van der Waals surface area contributed by atoms with Gasteiger partial charge < -0.3 is 5.32 Å². The van der Waals surface area contributed by atoms with Gasteiger partial charge in [-0.05, 0) is 37.6 Å². The van der Waals surface area contributed by atoms with Crippen molar-refractivity contribution in [2.75, 3.05) is 6.54 Å². The molecule has 1 N–H and O–H groups in total. The number of nitrogens with one attached hydrogen (secondary N) is 1. The monoisotopic (exact) mass is 225 g/mol. The molecule has 1 nitrogen and oxygen atoms in total. The molecule has 0 heterocycles. The number of unbranched alkanes of at least 4 members (excludes halogenated alkanes) is 1. The van der Waals surface area contributed by atoms with Crippen LogP contribution in [0.5, 0.6) is 0 Å². The van der Waals surface area contributed by atoms with Crippen LogP contribution in [-0.2, 0) is 0 Å². The third-order valence-corrected chi connectivity index (χ3v) is 4.36. The first-order valence-corrected chi connectivity index (χ1v) is 7.51. The summed E-state index contributed by atoms with van der Waals surface area (Å²) in [6, 6.07) is 0.772. The van der Waals surface area contributed by atoms with Crippen LogP contribution in [0.25, 0.3) is 0 Å². The number of hydrogen-bond acceptors (Lipinski definition) is 1. The van der Waals surface area contributed by atoms with Gasteiger partial charge in [-0.1, -0.05) is 52.9 Å². The van der Waals surface area contributed by atoms with E-state index < -0.39 is 0 Å². The molecule has 3 atom stereocenters. The second-order valence-electron chi connectivity index (χ2n) is 5.68. The normalized spacial score (nSPS) is 27.9. The summed E-state index contributed by atoms with van der Waals surface area (Å²) in [4.78, 5) is 0. The SMILES string of the molecule is CCCCC(CC)NCC1CCCCC1C. The van der Waals surface area contributed by atoms with Crippen molar-refractivity contribution < 1.29 is 0 Å². The third kappa shape index (κ3) is 4.86. The summed E-state index contributed by atoms with van der Waals surface area (Å²) in [6.07, 6.45) is 11.2. The Morgan fingerprint density at radius 1 is 1.19 bits per heavy atom. The highest BCUT2D eigenvalue weighted by Gasteiger charge is 2.21. The second kappa shape index (κ2) is 8.11. The van der Waals surface area contributed by atoms with Crippen LogP contribution in [0.3, 0.4) is 0 Å². The first-order chi connectivity index (χ1) is 7.77. The van der Waals surface area contributed by atoms with Crippen molar-refractivity contribution in [1.29, 1.82) is 0 Å². The molecule has 0 amide bonds. The number of hydrogen-bond donors (Lipinski definition) is 1. The molecule has 0 aromatic carbocycles. The minimum Gasteiger partial charge on any atom is -0.314 e. The van der Waals surface area contributed by atoms with Crippen LogP contribution >= 0.6 is 0 Å². The van der Waals surface area contributed by atoms with Crippen molar-refractivity contribution in [3.63, 3.8) is 0 Å². The van der Waals surface area contributed by atoms with E-state index >= 15 is 0 Å². The van der Waals surface area contributed by atoms with E-state index in [-0.39, 0.29) is 0 Å². The van der Waals surface area contributed by atoms with Gasteiger partial charge in [0.05, 0.1) is 0 Å². The van der Waals surface area contributed by atoms with Gasteiger partial charge in [-0.25, -0.2) is 0 Å². The van der Waals surface area contributed by atoms with Crippen molar-refractivity contribution in [2.24, 2.45) is 11.8 Å². The van der Waals surface area contributed by atoms with Crippen LogP contribution in [0.2, 0.25) is 0 Å². The van der Waals surface area contributed by atoms with Gasteiger partial charge in [-0.2, -0.15) is 0 Å². The molecule has 1 heteroatoms. The fraction of sp³-hybridized carbons (Fsp3) is 1.00. The van der Waals surface area contributed by atoms with Crippen molar-refractivity contribution >= 4 is 0 Å². The lowest BCUT2D eigenvalue weighted by Crippen LogP contribution is -2.36. The van der Waals surface area contributed by atoms with Gasteiger partial charge in [0, 0.05) is 6.04 Å². The molecule has 0 aromatic heterocycles. The summed E-state index contributed by atoms with van der Waals surface area (Å²) < 4.78 is 0. The van der Waals surface area contributed by atoms with E-state index in [4.69, 9.17) is 0 Å². The Morgan fingerprint density at radius 2 is 1.94 bits per heavy atom. The summed E-state index contributed by atoms with van der Waals surface area (Å²) >= 11 is 0. The van der Waals surface area contributed by atoms with Crippen LogP contribution in [0.1, 0.15) is 72.1 Å². The molecular formula is C15H31N. The number of rotatable bonds is 7. The molecule has 1 saturated carbocycles. The lowest BCUT2D eigenvalue weighted by atomic mass is 9.80. The summed E-state index contributed by atoms with van der Waals surface area (Å²) in [7, 11) is 0. The zero-order valence-corrected chi connectivity index (χ0v) is 11.6. The van der Waals surface area contributed by atoms with Gasteiger partial charge in [0.2, 0.25) is 0 Å². The van der Waals surface area contributed by atoms with Gasteiger partial charge in [-0.3, -0.25) is 0 Å². The molecule has 0 radical (unpaired) electrons. The van der Waals surface area contributed by atoms with Crippen LogP contribution < -0.4 is 5.32 Å². The maximum absolute atomic E-state index is 3.80. The van der Waals surface area contributed by atoms with Crippen molar-refractivity contribution in [1.82, 2.24) is 5.32 Å². The van der Waals surface area contributed by atoms with Crippen molar-refractivity contribution in [3.05, 3.63) is 0 Å². The smallest absolute Gasteiger partial charge is 0.00645 e. The van der Waals surface area contributed by atoms with E-state index in [1.54, 1.807) is 0 Å². The van der Waals surface area contributed by atoms with E-state index in [9.17, 15) is 0 Å². The summed E-state index contributed by atoms with van der Waals surface area (Å²) in [5.74, 6) is 1.90. The molecular weight excluding hydrogens is 194 g/mol. The van der Waals surface area contributed by atoms with Gasteiger partial charge in [-0.15, -0.1) is 0 Å².